The van der Waals surface area contributed by atoms with Gasteiger partial charge in [-0.2, -0.15) is 0 Å². The quantitative estimate of drug-likeness (QED) is 0.768. The molecule has 2 aromatic carbocycles. The van der Waals surface area contributed by atoms with Crippen molar-refractivity contribution in [3.8, 4) is 5.75 Å². The van der Waals surface area contributed by atoms with Gasteiger partial charge in [-0.15, -0.1) is 0 Å². The molecule has 104 valence electrons. The minimum absolute atomic E-state index is 0.0110. The number of carbonyl (C=O) groups is 1. The molecule has 2 rings (SSSR count). The standard InChI is InChI=1S/C14H9ClFIO3/c15-13-9(2-1-3-10(13)16)7-20-12-6-8(14(18)19)4-5-11(12)17/h1-6H,7H2,(H,18,19). The van der Waals surface area contributed by atoms with Crippen LogP contribution in [-0.4, -0.2) is 11.1 Å². The first kappa shape index (κ1) is 15.1. The molecule has 20 heavy (non-hydrogen) atoms. The molecule has 6 heteroatoms. The van der Waals surface area contributed by atoms with E-state index in [2.05, 4.69) is 0 Å². The van der Waals surface area contributed by atoms with Crippen molar-refractivity contribution >= 4 is 40.2 Å². The maximum atomic E-state index is 13.3. The molecule has 1 N–H and O–H groups in total. The smallest absolute Gasteiger partial charge is 0.335 e. The van der Waals surface area contributed by atoms with Gasteiger partial charge in [-0.05, 0) is 46.9 Å². The second-order valence-electron chi connectivity index (χ2n) is 3.95. The molecule has 0 amide bonds. The third-order valence-corrected chi connectivity index (χ3v) is 3.91. The van der Waals surface area contributed by atoms with Crippen molar-refractivity contribution in [1.29, 1.82) is 0 Å². The van der Waals surface area contributed by atoms with Crippen LogP contribution in [0.5, 0.6) is 5.75 Å². The molecule has 0 saturated carbocycles. The first-order valence-electron chi connectivity index (χ1n) is 5.57. The molecule has 0 aromatic heterocycles. The van der Waals surface area contributed by atoms with Crippen LogP contribution >= 0.6 is 34.2 Å². The summed E-state index contributed by atoms with van der Waals surface area (Å²) in [7, 11) is 0. The minimum atomic E-state index is -1.03. The van der Waals surface area contributed by atoms with E-state index in [0.29, 0.717) is 11.3 Å². The van der Waals surface area contributed by atoms with Crippen molar-refractivity contribution in [3.05, 3.63) is 61.9 Å². The zero-order chi connectivity index (χ0) is 14.7. The molecular formula is C14H9ClFIO3. The molecule has 0 spiro atoms. The highest BCUT2D eigenvalue weighted by Gasteiger charge is 2.10. The highest BCUT2D eigenvalue weighted by atomic mass is 127. The van der Waals surface area contributed by atoms with Gasteiger partial charge in [-0.25, -0.2) is 9.18 Å². The Hall–Kier alpha value is -1.34. The second kappa shape index (κ2) is 6.41. The number of benzene rings is 2. The Morgan fingerprint density at radius 2 is 2.10 bits per heavy atom. The summed E-state index contributed by atoms with van der Waals surface area (Å²) in [6, 6.07) is 9.02. The van der Waals surface area contributed by atoms with Crippen molar-refractivity contribution < 1.29 is 19.0 Å². The first-order chi connectivity index (χ1) is 9.49. The number of carboxylic acids is 1. The average Bonchev–Trinajstić information content (AvgIpc) is 2.41. The molecule has 0 bridgehead atoms. The van der Waals surface area contributed by atoms with E-state index in [1.807, 2.05) is 22.6 Å². The van der Waals surface area contributed by atoms with Crippen LogP contribution in [-0.2, 0) is 6.61 Å². The molecular weight excluding hydrogens is 398 g/mol. The van der Waals surface area contributed by atoms with Crippen LogP contribution in [0.25, 0.3) is 0 Å². The van der Waals surface area contributed by atoms with Crippen LogP contribution in [0.2, 0.25) is 5.02 Å². The Labute approximate surface area is 133 Å². The van der Waals surface area contributed by atoms with Gasteiger partial charge in [0.05, 0.1) is 14.2 Å². The number of carboxylic acid groups (broad SMARTS) is 1. The normalized spacial score (nSPS) is 10.3. The molecule has 3 nitrogen and oxygen atoms in total. The summed E-state index contributed by atoms with van der Waals surface area (Å²) >= 11 is 7.86. The molecule has 0 saturated heterocycles. The predicted molar refractivity (Wildman–Crippen MR) is 81.9 cm³/mol. The van der Waals surface area contributed by atoms with Crippen molar-refractivity contribution in [2.45, 2.75) is 6.61 Å². The van der Waals surface area contributed by atoms with Crippen LogP contribution in [0, 0.1) is 9.39 Å². The monoisotopic (exact) mass is 406 g/mol. The number of aromatic carboxylic acids is 1. The molecule has 0 aliphatic rings. The van der Waals surface area contributed by atoms with Crippen LogP contribution < -0.4 is 4.74 Å². The Balaban J connectivity index is 2.20. The highest BCUT2D eigenvalue weighted by Crippen LogP contribution is 2.25. The minimum Gasteiger partial charge on any atom is -0.488 e. The Bertz CT molecular complexity index is 661. The SMILES string of the molecule is O=C(O)c1ccc(I)c(OCc2cccc(F)c2Cl)c1. The van der Waals surface area contributed by atoms with Gasteiger partial charge in [0.2, 0.25) is 0 Å². The summed E-state index contributed by atoms with van der Waals surface area (Å²) in [5.74, 6) is -1.12. The third-order valence-electron chi connectivity index (χ3n) is 2.59. The van der Waals surface area contributed by atoms with Gasteiger partial charge in [0.15, 0.2) is 0 Å². The van der Waals surface area contributed by atoms with E-state index in [4.69, 9.17) is 21.4 Å². The van der Waals surface area contributed by atoms with Gasteiger partial charge in [-0.3, -0.25) is 0 Å². The largest absolute Gasteiger partial charge is 0.488 e. The van der Waals surface area contributed by atoms with E-state index in [9.17, 15) is 9.18 Å². The fraction of sp³-hybridized carbons (Fsp3) is 0.0714. The van der Waals surface area contributed by atoms with E-state index < -0.39 is 11.8 Å². The molecule has 0 radical (unpaired) electrons. The zero-order valence-corrected chi connectivity index (χ0v) is 13.0. The maximum absolute atomic E-state index is 13.3. The van der Waals surface area contributed by atoms with Crippen LogP contribution in [0.15, 0.2) is 36.4 Å². The molecule has 0 aliphatic heterocycles. The Morgan fingerprint density at radius 1 is 1.35 bits per heavy atom. The van der Waals surface area contributed by atoms with Crippen molar-refractivity contribution in [3.63, 3.8) is 0 Å². The van der Waals surface area contributed by atoms with E-state index in [1.54, 1.807) is 18.2 Å². The molecule has 0 atom stereocenters. The van der Waals surface area contributed by atoms with Crippen molar-refractivity contribution in [1.82, 2.24) is 0 Å². The van der Waals surface area contributed by atoms with Gasteiger partial charge in [0.25, 0.3) is 0 Å². The van der Waals surface area contributed by atoms with Crippen LogP contribution in [0.4, 0.5) is 4.39 Å². The second-order valence-corrected chi connectivity index (χ2v) is 5.49. The zero-order valence-electron chi connectivity index (χ0n) is 10.1. The number of hydrogen-bond acceptors (Lipinski definition) is 2. The number of halogens is 3. The molecule has 2 aromatic rings. The molecule has 0 unspecified atom stereocenters. The van der Waals surface area contributed by atoms with Crippen LogP contribution in [0.3, 0.4) is 0 Å². The summed E-state index contributed by atoms with van der Waals surface area (Å²) in [4.78, 5) is 10.9. The average molecular weight is 407 g/mol. The molecule has 0 heterocycles. The number of rotatable bonds is 4. The lowest BCUT2D eigenvalue weighted by Crippen LogP contribution is -2.02. The van der Waals surface area contributed by atoms with E-state index in [-0.39, 0.29) is 17.2 Å². The summed E-state index contributed by atoms with van der Waals surface area (Å²) in [5, 5.41) is 8.95. The third kappa shape index (κ3) is 3.40. The summed E-state index contributed by atoms with van der Waals surface area (Å²) in [6.45, 7) is 0.0651. The Kier molecular flexibility index (Phi) is 4.82. The lowest BCUT2D eigenvalue weighted by atomic mass is 10.2. The predicted octanol–water partition coefficient (Wildman–Crippen LogP) is 4.36. The van der Waals surface area contributed by atoms with Crippen molar-refractivity contribution in [2.24, 2.45) is 0 Å². The Morgan fingerprint density at radius 3 is 2.80 bits per heavy atom. The van der Waals surface area contributed by atoms with Gasteiger partial charge >= 0.3 is 5.97 Å². The van der Waals surface area contributed by atoms with Gasteiger partial charge in [0.1, 0.15) is 18.2 Å². The summed E-state index contributed by atoms with van der Waals surface area (Å²) in [5.41, 5.74) is 0.633. The topological polar surface area (TPSA) is 46.5 Å². The van der Waals surface area contributed by atoms with Gasteiger partial charge in [0, 0.05) is 5.56 Å². The summed E-state index contributed by atoms with van der Waals surface area (Å²) < 4.78 is 19.6. The first-order valence-corrected chi connectivity index (χ1v) is 7.03. The van der Waals surface area contributed by atoms with E-state index in [0.717, 1.165) is 3.57 Å². The molecule has 0 aliphatic carbocycles. The lowest BCUT2D eigenvalue weighted by Gasteiger charge is -2.10. The highest BCUT2D eigenvalue weighted by molar-refractivity contribution is 14.1. The number of hydrogen-bond donors (Lipinski definition) is 1. The van der Waals surface area contributed by atoms with Crippen LogP contribution in [0.1, 0.15) is 15.9 Å². The van der Waals surface area contributed by atoms with E-state index in [1.165, 1.54) is 18.2 Å². The van der Waals surface area contributed by atoms with Crippen molar-refractivity contribution in [2.75, 3.05) is 0 Å². The fourth-order valence-corrected chi connectivity index (χ4v) is 2.23. The lowest BCUT2D eigenvalue weighted by molar-refractivity contribution is 0.0696. The fourth-order valence-electron chi connectivity index (χ4n) is 1.56. The number of ether oxygens (including phenoxy) is 1. The van der Waals surface area contributed by atoms with Gasteiger partial charge in [-0.1, -0.05) is 23.7 Å². The van der Waals surface area contributed by atoms with Gasteiger partial charge < -0.3 is 9.84 Å². The van der Waals surface area contributed by atoms with E-state index >= 15 is 0 Å². The maximum Gasteiger partial charge on any atom is 0.335 e. The summed E-state index contributed by atoms with van der Waals surface area (Å²) in [6.07, 6.45) is 0. The molecule has 0 fully saturated rings.